The van der Waals surface area contributed by atoms with Crippen molar-refractivity contribution in [1.29, 1.82) is 0 Å². The number of carbonyl (C=O) groups is 3. The molecular weight excluding hydrogens is 164 g/mol. The SMILES string of the molecule is O=C(O)CCC1CC(=O)OC1=O. The normalized spacial score (nSPS) is 22.5. The van der Waals surface area contributed by atoms with Crippen LogP contribution in [0, 0.1) is 5.92 Å². The van der Waals surface area contributed by atoms with Crippen molar-refractivity contribution in [3.8, 4) is 0 Å². The molecule has 66 valence electrons. The van der Waals surface area contributed by atoms with Gasteiger partial charge in [-0.05, 0) is 6.42 Å². The third-order valence-corrected chi connectivity index (χ3v) is 1.67. The first-order valence-corrected chi connectivity index (χ1v) is 3.56. The van der Waals surface area contributed by atoms with E-state index in [1.807, 2.05) is 0 Å². The van der Waals surface area contributed by atoms with Gasteiger partial charge in [0.05, 0.1) is 12.3 Å². The van der Waals surface area contributed by atoms with E-state index in [0.717, 1.165) is 0 Å². The molecule has 1 saturated heterocycles. The van der Waals surface area contributed by atoms with Gasteiger partial charge in [-0.15, -0.1) is 0 Å². The fraction of sp³-hybridized carbons (Fsp3) is 0.571. The third kappa shape index (κ3) is 2.05. The van der Waals surface area contributed by atoms with Crippen molar-refractivity contribution in [3.05, 3.63) is 0 Å². The lowest BCUT2D eigenvalue weighted by molar-refractivity contribution is -0.153. The molecule has 0 aromatic heterocycles. The average molecular weight is 172 g/mol. The molecule has 0 bridgehead atoms. The molecule has 1 rings (SSSR count). The molecule has 5 heteroatoms. The first kappa shape index (κ1) is 8.70. The third-order valence-electron chi connectivity index (χ3n) is 1.67. The second kappa shape index (κ2) is 3.34. The molecule has 12 heavy (non-hydrogen) atoms. The topological polar surface area (TPSA) is 80.7 Å². The van der Waals surface area contributed by atoms with Crippen molar-refractivity contribution in [3.63, 3.8) is 0 Å². The van der Waals surface area contributed by atoms with Crippen molar-refractivity contribution >= 4 is 17.9 Å². The van der Waals surface area contributed by atoms with Crippen molar-refractivity contribution in [1.82, 2.24) is 0 Å². The summed E-state index contributed by atoms with van der Waals surface area (Å²) in [4.78, 5) is 31.4. The average Bonchev–Trinajstić information content (AvgIpc) is 2.26. The van der Waals surface area contributed by atoms with E-state index in [1.54, 1.807) is 0 Å². The Bertz CT molecular complexity index is 232. The van der Waals surface area contributed by atoms with Crippen LogP contribution in [-0.4, -0.2) is 23.0 Å². The van der Waals surface area contributed by atoms with Crippen LogP contribution in [0.3, 0.4) is 0 Å². The van der Waals surface area contributed by atoms with Crippen LogP contribution in [0.2, 0.25) is 0 Å². The second-order valence-electron chi connectivity index (χ2n) is 2.63. The molecule has 1 atom stereocenters. The van der Waals surface area contributed by atoms with Crippen LogP contribution in [-0.2, 0) is 19.1 Å². The molecule has 0 aliphatic carbocycles. The van der Waals surface area contributed by atoms with Crippen molar-refractivity contribution in [2.24, 2.45) is 5.92 Å². The minimum absolute atomic E-state index is 0.0200. The number of cyclic esters (lactones) is 2. The van der Waals surface area contributed by atoms with Crippen LogP contribution in [0.1, 0.15) is 19.3 Å². The lowest BCUT2D eigenvalue weighted by Gasteiger charge is -1.99. The highest BCUT2D eigenvalue weighted by atomic mass is 16.6. The predicted octanol–water partition coefficient (Wildman–Crippen LogP) is -0.0591. The fourth-order valence-electron chi connectivity index (χ4n) is 1.04. The van der Waals surface area contributed by atoms with Gasteiger partial charge in [0.25, 0.3) is 0 Å². The molecule has 1 heterocycles. The van der Waals surface area contributed by atoms with Gasteiger partial charge in [-0.1, -0.05) is 0 Å². The van der Waals surface area contributed by atoms with E-state index in [1.165, 1.54) is 0 Å². The smallest absolute Gasteiger partial charge is 0.317 e. The standard InChI is InChI=1S/C7H8O5/c8-5(9)2-1-4-3-6(10)12-7(4)11/h4H,1-3H2,(H,8,9). The molecule has 1 aliphatic rings. The lowest BCUT2D eigenvalue weighted by Crippen LogP contribution is -2.09. The van der Waals surface area contributed by atoms with Crippen LogP contribution < -0.4 is 0 Å². The summed E-state index contributed by atoms with van der Waals surface area (Å²) in [6, 6.07) is 0. The number of carbonyl (C=O) groups excluding carboxylic acids is 2. The summed E-state index contributed by atoms with van der Waals surface area (Å²) in [6.07, 6.45) is 0.0963. The number of hydrogen-bond donors (Lipinski definition) is 1. The van der Waals surface area contributed by atoms with Crippen molar-refractivity contribution in [2.45, 2.75) is 19.3 Å². The highest BCUT2D eigenvalue weighted by molar-refractivity contribution is 5.94. The van der Waals surface area contributed by atoms with Crippen LogP contribution >= 0.6 is 0 Å². The first-order valence-electron chi connectivity index (χ1n) is 3.56. The van der Waals surface area contributed by atoms with E-state index in [-0.39, 0.29) is 19.3 Å². The van der Waals surface area contributed by atoms with E-state index in [0.29, 0.717) is 0 Å². The Morgan fingerprint density at radius 1 is 1.58 bits per heavy atom. The van der Waals surface area contributed by atoms with Crippen LogP contribution in [0.25, 0.3) is 0 Å². The first-order chi connectivity index (χ1) is 5.59. The van der Waals surface area contributed by atoms with Gasteiger partial charge in [0.1, 0.15) is 0 Å². The predicted molar refractivity (Wildman–Crippen MR) is 36.1 cm³/mol. The minimum atomic E-state index is -0.970. The molecule has 0 radical (unpaired) electrons. The van der Waals surface area contributed by atoms with Gasteiger partial charge in [0, 0.05) is 6.42 Å². The maximum absolute atomic E-state index is 10.8. The van der Waals surface area contributed by atoms with Crippen LogP contribution in [0.4, 0.5) is 0 Å². The summed E-state index contributed by atoms with van der Waals surface area (Å²) < 4.78 is 4.24. The Morgan fingerprint density at radius 2 is 2.25 bits per heavy atom. The van der Waals surface area contributed by atoms with Crippen LogP contribution in [0.15, 0.2) is 0 Å². The fourth-order valence-corrected chi connectivity index (χ4v) is 1.04. The van der Waals surface area contributed by atoms with Gasteiger partial charge < -0.3 is 9.84 Å². The van der Waals surface area contributed by atoms with Crippen molar-refractivity contribution in [2.75, 3.05) is 0 Å². The molecule has 1 N–H and O–H groups in total. The maximum atomic E-state index is 10.8. The number of carboxylic acids is 1. The molecule has 0 aromatic rings. The monoisotopic (exact) mass is 172 g/mol. The minimum Gasteiger partial charge on any atom is -0.481 e. The van der Waals surface area contributed by atoms with Gasteiger partial charge in [-0.3, -0.25) is 14.4 Å². The number of carboxylic acid groups (broad SMARTS) is 1. The van der Waals surface area contributed by atoms with Crippen molar-refractivity contribution < 1.29 is 24.2 Å². The quantitative estimate of drug-likeness (QED) is 0.476. The van der Waals surface area contributed by atoms with Gasteiger partial charge in [0.2, 0.25) is 0 Å². The Morgan fingerprint density at radius 3 is 2.67 bits per heavy atom. The Kier molecular flexibility index (Phi) is 2.42. The van der Waals surface area contributed by atoms with E-state index >= 15 is 0 Å². The highest BCUT2D eigenvalue weighted by Gasteiger charge is 2.33. The molecule has 0 saturated carbocycles. The van der Waals surface area contributed by atoms with E-state index in [4.69, 9.17) is 5.11 Å². The van der Waals surface area contributed by atoms with Gasteiger partial charge in [-0.2, -0.15) is 0 Å². The van der Waals surface area contributed by atoms with Crippen LogP contribution in [0.5, 0.6) is 0 Å². The zero-order valence-electron chi connectivity index (χ0n) is 6.28. The largest absolute Gasteiger partial charge is 0.481 e. The van der Waals surface area contributed by atoms with Gasteiger partial charge in [0.15, 0.2) is 0 Å². The summed E-state index contributed by atoms with van der Waals surface area (Å²) in [7, 11) is 0. The Hall–Kier alpha value is -1.39. The van der Waals surface area contributed by atoms with Gasteiger partial charge >= 0.3 is 17.9 Å². The van der Waals surface area contributed by atoms with E-state index in [2.05, 4.69) is 4.74 Å². The summed E-state index contributed by atoms with van der Waals surface area (Å²) >= 11 is 0. The summed E-state index contributed by atoms with van der Waals surface area (Å²) in [5.74, 6) is -2.67. The number of rotatable bonds is 3. The molecule has 0 aromatic carbocycles. The summed E-state index contributed by atoms with van der Waals surface area (Å²) in [6.45, 7) is 0. The molecule has 1 aliphatic heterocycles. The zero-order chi connectivity index (χ0) is 9.14. The zero-order valence-corrected chi connectivity index (χ0v) is 6.28. The van der Waals surface area contributed by atoms with E-state index in [9.17, 15) is 14.4 Å². The molecule has 0 spiro atoms. The number of ether oxygens (including phenoxy) is 1. The van der Waals surface area contributed by atoms with E-state index < -0.39 is 23.8 Å². The molecule has 0 amide bonds. The number of hydrogen-bond acceptors (Lipinski definition) is 4. The molecular formula is C7H8O5. The lowest BCUT2D eigenvalue weighted by atomic mass is 10.0. The molecule has 1 unspecified atom stereocenters. The Labute approximate surface area is 68.3 Å². The summed E-state index contributed by atoms with van der Waals surface area (Å²) in [5.41, 5.74) is 0. The summed E-state index contributed by atoms with van der Waals surface area (Å²) in [5, 5.41) is 8.29. The molecule has 5 nitrogen and oxygen atoms in total. The number of aliphatic carboxylic acids is 1. The van der Waals surface area contributed by atoms with Gasteiger partial charge in [-0.25, -0.2) is 0 Å². The molecule has 1 fully saturated rings. The highest BCUT2D eigenvalue weighted by Crippen LogP contribution is 2.20. The maximum Gasteiger partial charge on any atom is 0.317 e. The Balaban J connectivity index is 2.38. The number of esters is 2. The second-order valence-corrected chi connectivity index (χ2v) is 2.63.